The SMILES string of the molecule is CN(C)c1cccc(CN(Cc2ccccn2)Cc2ccccn2)n1.[Cu+2].[O-][Cl+3]([O-])([O-])[O-].[O-][Cl+3]([O-])([O-])[O-].[OH3+]. The summed E-state index contributed by atoms with van der Waals surface area (Å²) in [5.74, 6) is 0.966. The van der Waals surface area contributed by atoms with Crippen LogP contribution in [0.4, 0.5) is 5.82 Å². The minimum Gasteiger partial charge on any atom is -0.457 e. The number of hydrogen-bond donors (Lipinski definition) is 0. The fourth-order valence-electron chi connectivity index (χ4n) is 2.64. The van der Waals surface area contributed by atoms with Crippen molar-refractivity contribution in [3.63, 3.8) is 0 Å². The maximum Gasteiger partial charge on any atom is 2.00 e. The predicted molar refractivity (Wildman–Crippen MR) is 105 cm³/mol. The van der Waals surface area contributed by atoms with E-state index in [1.54, 1.807) is 0 Å². The number of halogens is 2. The van der Waals surface area contributed by atoms with Crippen LogP contribution in [-0.4, -0.2) is 33.9 Å². The Kier molecular flexibility index (Phi) is 18.3. The van der Waals surface area contributed by atoms with Crippen LogP contribution >= 0.6 is 0 Å². The molecule has 0 aromatic carbocycles. The molecular formula is C20H26Cl2CuN5O9+. The molecule has 0 spiro atoms. The topological polar surface area (TPSA) is 263 Å². The van der Waals surface area contributed by atoms with Gasteiger partial charge in [-0.05, 0) is 36.4 Å². The number of hydrogen-bond acceptors (Lipinski definition) is 13. The van der Waals surface area contributed by atoms with Gasteiger partial charge in [0.2, 0.25) is 0 Å². The van der Waals surface area contributed by atoms with E-state index in [0.29, 0.717) is 0 Å². The molecule has 0 fully saturated rings. The second kappa shape index (κ2) is 18.2. The Labute approximate surface area is 228 Å². The van der Waals surface area contributed by atoms with E-state index in [1.807, 2.05) is 61.7 Å². The van der Waals surface area contributed by atoms with E-state index < -0.39 is 20.5 Å². The first kappa shape index (κ1) is 37.1. The van der Waals surface area contributed by atoms with Gasteiger partial charge in [-0.1, -0.05) is 18.2 Å². The first-order valence-electron chi connectivity index (χ1n) is 9.59. The molecule has 0 saturated heterocycles. The van der Waals surface area contributed by atoms with Gasteiger partial charge >= 0.3 is 17.1 Å². The molecule has 17 heteroatoms. The Bertz CT molecular complexity index is 920. The molecule has 0 bridgehead atoms. The molecule has 3 aromatic heterocycles. The van der Waals surface area contributed by atoms with E-state index in [0.717, 1.165) is 42.5 Å². The van der Waals surface area contributed by atoms with Crippen LogP contribution in [0, 0.1) is 20.5 Å². The Hall–Kier alpha value is -2.05. The van der Waals surface area contributed by atoms with Gasteiger partial charge in [-0.2, -0.15) is 0 Å². The summed E-state index contributed by atoms with van der Waals surface area (Å²) >= 11 is 0. The van der Waals surface area contributed by atoms with Crippen LogP contribution in [0.25, 0.3) is 0 Å². The zero-order valence-electron chi connectivity index (χ0n) is 19.6. The molecule has 3 rings (SSSR count). The normalized spacial score (nSPS) is 10.6. The molecule has 209 valence electrons. The predicted octanol–water partition coefficient (Wildman–Crippen LogP) is -7.30. The standard InChI is InChI=1S/C20H23N5.2ClHO4.Cu.H2O/c1-24(2)20-11-7-10-19(23-20)16-25(14-17-8-3-5-12-21-17)15-18-9-4-6-13-22-18;2*2-1(3,4)5;;/h3-13H,14-16H2,1-2H3;2*(H,2,3,4,5);;1H2/q;;;+2;/p-1. The average Bonchev–Trinajstić information content (AvgIpc) is 2.73. The first-order chi connectivity index (χ1) is 16.2. The number of aromatic nitrogens is 3. The maximum absolute atomic E-state index is 8.49. The zero-order chi connectivity index (χ0) is 26.5. The van der Waals surface area contributed by atoms with Crippen LogP contribution in [0.15, 0.2) is 67.0 Å². The molecule has 14 nitrogen and oxygen atoms in total. The first-order valence-corrected chi connectivity index (χ1v) is 12.1. The van der Waals surface area contributed by atoms with Crippen molar-refractivity contribution in [2.24, 2.45) is 0 Å². The molecule has 0 atom stereocenters. The maximum atomic E-state index is 8.49. The van der Waals surface area contributed by atoms with Crippen LogP contribution in [-0.2, 0) is 42.2 Å². The minimum absolute atomic E-state index is 0. The summed E-state index contributed by atoms with van der Waals surface area (Å²) in [7, 11) is -5.88. The van der Waals surface area contributed by atoms with Gasteiger partial charge in [-0.15, -0.1) is 20.5 Å². The van der Waals surface area contributed by atoms with Crippen LogP contribution in [0.2, 0.25) is 0 Å². The van der Waals surface area contributed by atoms with Crippen molar-refractivity contribution in [1.82, 2.24) is 19.9 Å². The van der Waals surface area contributed by atoms with Gasteiger partial charge in [0.05, 0.1) is 17.1 Å². The molecule has 0 aliphatic carbocycles. The third-order valence-corrected chi connectivity index (χ3v) is 3.86. The van der Waals surface area contributed by atoms with Crippen LogP contribution in [0.1, 0.15) is 17.1 Å². The number of nitrogens with zero attached hydrogens (tertiary/aromatic N) is 5. The number of rotatable bonds is 7. The molecule has 1 radical (unpaired) electrons. The smallest absolute Gasteiger partial charge is 0.457 e. The summed E-state index contributed by atoms with van der Waals surface area (Å²) in [6, 6.07) is 18.2. The van der Waals surface area contributed by atoms with Gasteiger partial charge in [-0.3, -0.25) is 14.9 Å². The second-order valence-electron chi connectivity index (χ2n) is 6.92. The fraction of sp³-hybridized carbons (Fsp3) is 0.250. The van der Waals surface area contributed by atoms with Gasteiger partial charge in [-0.25, -0.2) is 42.3 Å². The van der Waals surface area contributed by atoms with E-state index in [4.69, 9.17) is 42.3 Å². The summed E-state index contributed by atoms with van der Waals surface area (Å²) in [5, 5.41) is 0. The van der Waals surface area contributed by atoms with Crippen molar-refractivity contribution in [2.45, 2.75) is 19.6 Å². The van der Waals surface area contributed by atoms with Crippen LogP contribution in [0.3, 0.4) is 0 Å². The largest absolute Gasteiger partial charge is 2.00 e. The zero-order valence-corrected chi connectivity index (χ0v) is 22.1. The summed E-state index contributed by atoms with van der Waals surface area (Å²) < 4.78 is 67.9. The number of anilines is 1. The van der Waals surface area contributed by atoms with Gasteiger partial charge in [0, 0.05) is 46.1 Å². The van der Waals surface area contributed by atoms with Crippen molar-refractivity contribution in [3.8, 4) is 0 Å². The monoisotopic (exact) mass is 613 g/mol. The molecule has 3 heterocycles. The number of pyridine rings is 3. The fourth-order valence-corrected chi connectivity index (χ4v) is 2.64. The molecule has 0 aliphatic heterocycles. The Morgan fingerprint density at radius 2 is 1.00 bits per heavy atom. The van der Waals surface area contributed by atoms with E-state index >= 15 is 0 Å². The average molecular weight is 615 g/mol. The molecule has 3 N–H and O–H groups in total. The summed E-state index contributed by atoms with van der Waals surface area (Å²) in [4.78, 5) is 18.0. The summed E-state index contributed by atoms with van der Waals surface area (Å²) in [6.07, 6.45) is 3.67. The Morgan fingerprint density at radius 1 is 0.622 bits per heavy atom. The van der Waals surface area contributed by atoms with Gasteiger partial charge in [0.1, 0.15) is 5.82 Å². The molecule has 0 aliphatic rings. The molecule has 37 heavy (non-hydrogen) atoms. The van der Waals surface area contributed by atoms with E-state index in [2.05, 4.69) is 39.1 Å². The van der Waals surface area contributed by atoms with Gasteiger partial charge < -0.3 is 10.4 Å². The third kappa shape index (κ3) is 21.7. The van der Waals surface area contributed by atoms with Crippen molar-refractivity contribution in [1.29, 1.82) is 0 Å². The van der Waals surface area contributed by atoms with Crippen LogP contribution in [0.5, 0.6) is 0 Å². The van der Waals surface area contributed by atoms with E-state index in [-0.39, 0.29) is 22.5 Å². The molecular weight excluding hydrogens is 589 g/mol. The minimum atomic E-state index is -4.94. The summed E-state index contributed by atoms with van der Waals surface area (Å²) in [6.45, 7) is 2.26. The Morgan fingerprint density at radius 3 is 1.35 bits per heavy atom. The molecule has 0 unspecified atom stereocenters. The van der Waals surface area contributed by atoms with E-state index in [1.165, 1.54) is 0 Å². The van der Waals surface area contributed by atoms with Crippen LogP contribution < -0.4 is 42.2 Å². The summed E-state index contributed by atoms with van der Waals surface area (Å²) in [5.41, 5.74) is 3.13. The molecule has 0 amide bonds. The molecule has 3 aromatic rings. The quantitative estimate of drug-likeness (QED) is 0.177. The third-order valence-electron chi connectivity index (χ3n) is 3.86. The van der Waals surface area contributed by atoms with E-state index in [9.17, 15) is 0 Å². The second-order valence-corrected chi connectivity index (χ2v) is 8.44. The van der Waals surface area contributed by atoms with Gasteiger partial charge in [0.15, 0.2) is 0 Å². The van der Waals surface area contributed by atoms with Crippen molar-refractivity contribution < 1.29 is 80.3 Å². The van der Waals surface area contributed by atoms with Gasteiger partial charge in [0.25, 0.3) is 0 Å². The van der Waals surface area contributed by atoms with Crippen molar-refractivity contribution >= 4 is 5.82 Å². The van der Waals surface area contributed by atoms with Crippen molar-refractivity contribution in [3.05, 3.63) is 84.1 Å². The molecule has 0 saturated carbocycles. The van der Waals surface area contributed by atoms with Crippen molar-refractivity contribution in [2.75, 3.05) is 19.0 Å². The Balaban J connectivity index is 0.